The molecule has 0 bridgehead atoms. The van der Waals surface area contributed by atoms with Crippen molar-refractivity contribution in [3.8, 4) is 0 Å². The van der Waals surface area contributed by atoms with E-state index in [9.17, 15) is 0 Å². The molecule has 0 aromatic heterocycles. The third-order valence-corrected chi connectivity index (χ3v) is 3.98. The third kappa shape index (κ3) is 4.84. The Morgan fingerprint density at radius 2 is 2.11 bits per heavy atom. The summed E-state index contributed by atoms with van der Waals surface area (Å²) in [7, 11) is 0. The van der Waals surface area contributed by atoms with E-state index in [0.29, 0.717) is 12.2 Å². The van der Waals surface area contributed by atoms with Crippen molar-refractivity contribution in [2.75, 3.05) is 45.9 Å². The lowest BCUT2D eigenvalue weighted by Gasteiger charge is -2.26. The summed E-state index contributed by atoms with van der Waals surface area (Å²) in [6.45, 7) is 9.47. The molecule has 0 saturated carbocycles. The highest BCUT2D eigenvalue weighted by Gasteiger charge is 2.19. The average Bonchev–Trinajstić information content (AvgIpc) is 2.92. The van der Waals surface area contributed by atoms with Crippen molar-refractivity contribution in [3.05, 3.63) is 0 Å². The van der Waals surface area contributed by atoms with Crippen LogP contribution in [0.4, 0.5) is 0 Å². The van der Waals surface area contributed by atoms with E-state index < -0.39 is 0 Å². The van der Waals surface area contributed by atoms with Gasteiger partial charge < -0.3 is 14.8 Å². The lowest BCUT2D eigenvalue weighted by molar-refractivity contribution is 0.0111. The molecule has 2 rings (SSSR count). The molecule has 2 fully saturated rings. The summed E-state index contributed by atoms with van der Waals surface area (Å²) in [5, 5.41) is 3.37. The van der Waals surface area contributed by atoms with Crippen LogP contribution in [0, 0.1) is 0 Å². The first-order valence-electron chi connectivity index (χ1n) is 7.54. The maximum Gasteiger partial charge on any atom is 0.0702 e. The van der Waals surface area contributed by atoms with Gasteiger partial charge in [-0.3, -0.25) is 4.90 Å². The van der Waals surface area contributed by atoms with Crippen LogP contribution in [0.5, 0.6) is 0 Å². The van der Waals surface area contributed by atoms with Crippen molar-refractivity contribution >= 4 is 0 Å². The summed E-state index contributed by atoms with van der Waals surface area (Å²) in [6.07, 6.45) is 5.73. The molecule has 4 nitrogen and oxygen atoms in total. The number of hydrogen-bond acceptors (Lipinski definition) is 4. The highest BCUT2D eigenvalue weighted by Crippen LogP contribution is 2.13. The number of hydrogen-bond donors (Lipinski definition) is 1. The quantitative estimate of drug-likeness (QED) is 0.743. The number of nitrogens with one attached hydrogen (secondary N) is 1. The molecule has 0 aromatic rings. The van der Waals surface area contributed by atoms with E-state index in [4.69, 9.17) is 9.47 Å². The van der Waals surface area contributed by atoms with Crippen LogP contribution in [-0.2, 0) is 9.47 Å². The second kappa shape index (κ2) is 8.10. The predicted octanol–water partition coefficient (Wildman–Crippen LogP) is 1.26. The van der Waals surface area contributed by atoms with E-state index in [1.54, 1.807) is 0 Å². The predicted molar refractivity (Wildman–Crippen MR) is 72.9 cm³/mol. The minimum Gasteiger partial charge on any atom is -0.377 e. The lowest BCUT2D eigenvalue weighted by Crippen LogP contribution is -2.37. The van der Waals surface area contributed by atoms with E-state index in [2.05, 4.69) is 17.1 Å². The molecular weight excluding hydrogens is 228 g/mol. The first-order chi connectivity index (χ1) is 8.88. The van der Waals surface area contributed by atoms with Gasteiger partial charge in [-0.15, -0.1) is 0 Å². The fraction of sp³-hybridized carbons (Fsp3) is 1.00. The largest absolute Gasteiger partial charge is 0.377 e. The molecule has 1 atom stereocenters. The van der Waals surface area contributed by atoms with E-state index >= 15 is 0 Å². The monoisotopic (exact) mass is 256 g/mol. The number of ether oxygens (including phenoxy) is 2. The molecule has 0 aliphatic carbocycles. The van der Waals surface area contributed by atoms with E-state index in [1.165, 1.54) is 12.8 Å². The van der Waals surface area contributed by atoms with Crippen LogP contribution in [0.2, 0.25) is 0 Å². The first kappa shape index (κ1) is 14.3. The second-order valence-corrected chi connectivity index (χ2v) is 5.35. The number of rotatable bonds is 7. The minimum atomic E-state index is 0.462. The summed E-state index contributed by atoms with van der Waals surface area (Å²) in [5.41, 5.74) is 0. The highest BCUT2D eigenvalue weighted by atomic mass is 16.5. The first-order valence-corrected chi connectivity index (χ1v) is 7.54. The summed E-state index contributed by atoms with van der Waals surface area (Å²) >= 11 is 0. The Labute approximate surface area is 111 Å². The number of piperidine rings is 1. The van der Waals surface area contributed by atoms with Gasteiger partial charge in [0, 0.05) is 19.7 Å². The van der Waals surface area contributed by atoms with Crippen molar-refractivity contribution in [1.82, 2.24) is 10.2 Å². The van der Waals surface area contributed by atoms with E-state index in [1.807, 2.05) is 0 Å². The zero-order valence-corrected chi connectivity index (χ0v) is 11.7. The Bertz CT molecular complexity index is 214. The molecule has 2 aliphatic heterocycles. The van der Waals surface area contributed by atoms with Crippen LogP contribution in [0.15, 0.2) is 0 Å². The van der Waals surface area contributed by atoms with Crippen molar-refractivity contribution in [1.29, 1.82) is 0 Å². The van der Waals surface area contributed by atoms with Gasteiger partial charge in [0.25, 0.3) is 0 Å². The summed E-state index contributed by atoms with van der Waals surface area (Å²) in [5.74, 6) is 0. The Morgan fingerprint density at radius 3 is 2.78 bits per heavy atom. The molecule has 0 aromatic carbocycles. The Kier molecular flexibility index (Phi) is 6.41. The Balaban J connectivity index is 1.57. The van der Waals surface area contributed by atoms with Crippen molar-refractivity contribution in [3.63, 3.8) is 0 Å². The standard InChI is InChI=1S/C14H28N2O2/c1-2-16(12-14-4-3-10-17-14)9-11-18-13-5-7-15-8-6-13/h13-15H,2-12H2,1H3. The van der Waals surface area contributed by atoms with Crippen molar-refractivity contribution in [2.45, 2.75) is 44.8 Å². The van der Waals surface area contributed by atoms with Crippen molar-refractivity contribution < 1.29 is 9.47 Å². The maximum absolute atomic E-state index is 5.96. The molecule has 4 heteroatoms. The second-order valence-electron chi connectivity index (χ2n) is 5.35. The molecule has 0 spiro atoms. The van der Waals surface area contributed by atoms with Crippen LogP contribution in [0.3, 0.4) is 0 Å². The topological polar surface area (TPSA) is 33.7 Å². The average molecular weight is 256 g/mol. The van der Waals surface area contributed by atoms with Gasteiger partial charge in [0.2, 0.25) is 0 Å². The van der Waals surface area contributed by atoms with Gasteiger partial charge in [-0.1, -0.05) is 6.92 Å². The Morgan fingerprint density at radius 1 is 1.28 bits per heavy atom. The zero-order valence-electron chi connectivity index (χ0n) is 11.7. The molecule has 2 saturated heterocycles. The minimum absolute atomic E-state index is 0.462. The van der Waals surface area contributed by atoms with Gasteiger partial charge in [0.05, 0.1) is 18.8 Å². The summed E-state index contributed by atoms with van der Waals surface area (Å²) < 4.78 is 11.6. The molecule has 2 aliphatic rings. The smallest absolute Gasteiger partial charge is 0.0702 e. The molecule has 0 amide bonds. The van der Waals surface area contributed by atoms with Gasteiger partial charge >= 0.3 is 0 Å². The highest BCUT2D eigenvalue weighted by molar-refractivity contribution is 4.71. The van der Waals surface area contributed by atoms with Crippen LogP contribution in [-0.4, -0.2) is 63.0 Å². The fourth-order valence-electron chi connectivity index (χ4n) is 2.77. The number of likely N-dealkylation sites (N-methyl/N-ethyl adjacent to an activating group) is 1. The Hall–Kier alpha value is -0.160. The molecule has 1 N–H and O–H groups in total. The maximum atomic E-state index is 5.96. The molecule has 0 radical (unpaired) electrons. The summed E-state index contributed by atoms with van der Waals surface area (Å²) in [4.78, 5) is 2.46. The fourth-order valence-corrected chi connectivity index (χ4v) is 2.77. The molecule has 2 heterocycles. The van der Waals surface area contributed by atoms with Gasteiger partial charge in [-0.25, -0.2) is 0 Å². The third-order valence-electron chi connectivity index (χ3n) is 3.98. The normalized spacial score (nSPS) is 26.0. The molecule has 1 unspecified atom stereocenters. The molecular formula is C14H28N2O2. The summed E-state index contributed by atoms with van der Waals surface area (Å²) in [6, 6.07) is 0. The van der Waals surface area contributed by atoms with Gasteiger partial charge in [-0.2, -0.15) is 0 Å². The van der Waals surface area contributed by atoms with Crippen LogP contribution < -0.4 is 5.32 Å². The SMILES string of the molecule is CCN(CCOC1CCNCC1)CC1CCCO1. The van der Waals surface area contributed by atoms with Gasteiger partial charge in [0.1, 0.15) is 0 Å². The van der Waals surface area contributed by atoms with Crippen LogP contribution in [0.25, 0.3) is 0 Å². The van der Waals surface area contributed by atoms with E-state index in [0.717, 1.165) is 58.8 Å². The van der Waals surface area contributed by atoms with Gasteiger partial charge in [-0.05, 0) is 45.3 Å². The van der Waals surface area contributed by atoms with Crippen LogP contribution >= 0.6 is 0 Å². The molecule has 106 valence electrons. The number of nitrogens with zero attached hydrogens (tertiary/aromatic N) is 1. The van der Waals surface area contributed by atoms with E-state index in [-0.39, 0.29) is 0 Å². The van der Waals surface area contributed by atoms with Crippen LogP contribution in [0.1, 0.15) is 32.6 Å². The molecule has 18 heavy (non-hydrogen) atoms. The zero-order chi connectivity index (χ0) is 12.6. The lowest BCUT2D eigenvalue weighted by atomic mass is 10.1. The van der Waals surface area contributed by atoms with Gasteiger partial charge in [0.15, 0.2) is 0 Å². The van der Waals surface area contributed by atoms with Crippen molar-refractivity contribution in [2.24, 2.45) is 0 Å².